The highest BCUT2D eigenvalue weighted by molar-refractivity contribution is 7.89. The summed E-state index contributed by atoms with van der Waals surface area (Å²) in [5.41, 5.74) is 0.0266. The van der Waals surface area contributed by atoms with E-state index in [0.29, 0.717) is 18.4 Å². The molecule has 0 radical (unpaired) electrons. The van der Waals surface area contributed by atoms with Gasteiger partial charge in [-0.05, 0) is 18.4 Å². The number of hydrogen-bond donors (Lipinski definition) is 2. The highest BCUT2D eigenvalue weighted by Crippen LogP contribution is 2.23. The van der Waals surface area contributed by atoms with Crippen LogP contribution < -0.4 is 4.72 Å². The Kier molecular flexibility index (Phi) is 6.01. The van der Waals surface area contributed by atoms with Gasteiger partial charge in [-0.2, -0.15) is 4.72 Å². The molecule has 8 nitrogen and oxygen atoms in total. The fourth-order valence-electron chi connectivity index (χ4n) is 1.97. The largest absolute Gasteiger partial charge is 0.480 e. The Morgan fingerprint density at radius 3 is 2.50 bits per heavy atom. The van der Waals surface area contributed by atoms with Crippen LogP contribution in [0.3, 0.4) is 0 Å². The van der Waals surface area contributed by atoms with Crippen molar-refractivity contribution in [2.75, 3.05) is 0 Å². The Bertz CT molecular complexity index is 671. The summed E-state index contributed by atoms with van der Waals surface area (Å²) < 4.78 is 26.9. The molecule has 0 aliphatic heterocycles. The summed E-state index contributed by atoms with van der Waals surface area (Å²) in [6.45, 7) is 3.44. The minimum absolute atomic E-state index is 0.130. The summed E-state index contributed by atoms with van der Waals surface area (Å²) in [4.78, 5) is 20.9. The van der Waals surface area contributed by atoms with Crippen molar-refractivity contribution in [3.05, 3.63) is 33.9 Å². The van der Waals surface area contributed by atoms with Crippen LogP contribution in [0.4, 0.5) is 5.69 Å². The van der Waals surface area contributed by atoms with E-state index in [0.717, 1.165) is 6.07 Å². The molecule has 0 saturated carbocycles. The van der Waals surface area contributed by atoms with Gasteiger partial charge >= 0.3 is 5.97 Å². The van der Waals surface area contributed by atoms with E-state index in [2.05, 4.69) is 4.72 Å². The fourth-order valence-corrected chi connectivity index (χ4v) is 3.52. The normalized spacial score (nSPS) is 12.8. The number of nitrogens with one attached hydrogen (secondary N) is 1. The number of aliphatic carboxylic acids is 1. The second kappa shape index (κ2) is 7.32. The lowest BCUT2D eigenvalue weighted by atomic mass is 10.1. The quantitative estimate of drug-likeness (QED) is 0.551. The summed E-state index contributed by atoms with van der Waals surface area (Å²) in [5.74, 6) is -1.28. The first-order valence-corrected chi connectivity index (χ1v) is 8.23. The first kappa shape index (κ1) is 18.1. The number of sulfonamides is 1. The van der Waals surface area contributed by atoms with Crippen LogP contribution >= 0.6 is 0 Å². The maximum absolute atomic E-state index is 12.4. The second-order valence-electron chi connectivity index (χ2n) is 4.70. The highest BCUT2D eigenvalue weighted by Gasteiger charge is 2.27. The summed E-state index contributed by atoms with van der Waals surface area (Å²) >= 11 is 0. The van der Waals surface area contributed by atoms with Crippen LogP contribution in [0.1, 0.15) is 32.3 Å². The number of hydrogen-bond acceptors (Lipinski definition) is 5. The molecular weight excluding hydrogens is 312 g/mol. The summed E-state index contributed by atoms with van der Waals surface area (Å²) in [6.07, 6.45) is 0.958. The predicted molar refractivity (Wildman–Crippen MR) is 79.1 cm³/mol. The highest BCUT2D eigenvalue weighted by atomic mass is 32.2. The maximum atomic E-state index is 12.4. The standard InChI is InChI=1S/C13H18N2O6S/c1-3-5-11(13(16)17)14-22(20,21)12-8-10(15(18)19)7-6-9(12)4-2/h6-8,11,14H,3-5H2,1-2H3,(H,16,17). The van der Waals surface area contributed by atoms with Crippen LogP contribution in [0, 0.1) is 10.1 Å². The van der Waals surface area contributed by atoms with Crippen LogP contribution in [-0.4, -0.2) is 30.5 Å². The van der Waals surface area contributed by atoms with Crippen LogP contribution in [-0.2, 0) is 21.2 Å². The molecule has 0 amide bonds. The molecule has 0 aliphatic carbocycles. The van der Waals surface area contributed by atoms with Gasteiger partial charge in [0.25, 0.3) is 5.69 Å². The molecule has 0 aliphatic rings. The van der Waals surface area contributed by atoms with E-state index in [9.17, 15) is 23.3 Å². The maximum Gasteiger partial charge on any atom is 0.321 e. The topological polar surface area (TPSA) is 127 Å². The Morgan fingerprint density at radius 1 is 1.41 bits per heavy atom. The van der Waals surface area contributed by atoms with Crippen molar-refractivity contribution in [3.63, 3.8) is 0 Å². The number of benzene rings is 1. The number of aryl methyl sites for hydroxylation is 1. The second-order valence-corrected chi connectivity index (χ2v) is 6.39. The molecule has 1 aromatic carbocycles. The number of rotatable bonds is 8. The van der Waals surface area contributed by atoms with Crippen molar-refractivity contribution in [1.82, 2.24) is 4.72 Å². The monoisotopic (exact) mass is 330 g/mol. The van der Waals surface area contributed by atoms with Gasteiger partial charge < -0.3 is 5.11 Å². The molecule has 0 heterocycles. The number of nitro benzene ring substituents is 1. The predicted octanol–water partition coefficient (Wildman–Crippen LogP) is 1.69. The zero-order chi connectivity index (χ0) is 16.9. The third-order valence-corrected chi connectivity index (χ3v) is 4.66. The Hall–Kier alpha value is -2.00. The number of nitrogens with zero attached hydrogens (tertiary/aromatic N) is 1. The van der Waals surface area contributed by atoms with Crippen LogP contribution in [0.25, 0.3) is 0 Å². The first-order chi connectivity index (χ1) is 10.2. The lowest BCUT2D eigenvalue weighted by Crippen LogP contribution is -2.40. The van der Waals surface area contributed by atoms with Gasteiger partial charge in [0.2, 0.25) is 10.0 Å². The molecule has 2 N–H and O–H groups in total. The fraction of sp³-hybridized carbons (Fsp3) is 0.462. The molecule has 0 saturated heterocycles. The number of carbonyl (C=O) groups is 1. The van der Waals surface area contributed by atoms with Crippen LogP contribution in [0.2, 0.25) is 0 Å². The molecule has 22 heavy (non-hydrogen) atoms. The third kappa shape index (κ3) is 4.25. The Labute approximate surface area is 128 Å². The molecule has 1 unspecified atom stereocenters. The van der Waals surface area contributed by atoms with Crippen molar-refractivity contribution in [2.24, 2.45) is 0 Å². The smallest absolute Gasteiger partial charge is 0.321 e. The average molecular weight is 330 g/mol. The minimum atomic E-state index is -4.16. The third-order valence-electron chi connectivity index (χ3n) is 3.10. The van der Waals surface area contributed by atoms with Gasteiger partial charge in [0.1, 0.15) is 6.04 Å². The van der Waals surface area contributed by atoms with Crippen molar-refractivity contribution in [2.45, 2.75) is 44.0 Å². The van der Waals surface area contributed by atoms with E-state index in [1.807, 2.05) is 0 Å². The zero-order valence-electron chi connectivity index (χ0n) is 12.3. The van der Waals surface area contributed by atoms with Crippen molar-refractivity contribution >= 4 is 21.7 Å². The number of carboxylic acids is 1. The van der Waals surface area contributed by atoms with E-state index in [4.69, 9.17) is 5.11 Å². The van der Waals surface area contributed by atoms with E-state index >= 15 is 0 Å². The molecule has 1 aromatic rings. The van der Waals surface area contributed by atoms with E-state index < -0.39 is 27.0 Å². The SMILES string of the molecule is CCCC(NS(=O)(=O)c1cc([N+](=O)[O-])ccc1CC)C(=O)O. The average Bonchev–Trinajstić information content (AvgIpc) is 2.45. The molecule has 0 spiro atoms. The lowest BCUT2D eigenvalue weighted by molar-refractivity contribution is -0.385. The molecule has 1 atom stereocenters. The van der Waals surface area contributed by atoms with Gasteiger partial charge in [0.15, 0.2) is 0 Å². The number of non-ortho nitro benzene ring substituents is 1. The Balaban J connectivity index is 3.28. The van der Waals surface area contributed by atoms with Gasteiger partial charge in [-0.15, -0.1) is 0 Å². The molecule has 9 heteroatoms. The Morgan fingerprint density at radius 2 is 2.05 bits per heavy atom. The van der Waals surface area contributed by atoms with Gasteiger partial charge in [0.05, 0.1) is 9.82 Å². The molecule has 1 rings (SSSR count). The summed E-state index contributed by atoms with van der Waals surface area (Å²) in [5, 5.41) is 19.9. The van der Waals surface area contributed by atoms with Crippen LogP contribution in [0.5, 0.6) is 0 Å². The first-order valence-electron chi connectivity index (χ1n) is 6.75. The molecule has 0 fully saturated rings. The minimum Gasteiger partial charge on any atom is -0.480 e. The lowest BCUT2D eigenvalue weighted by Gasteiger charge is -2.15. The van der Waals surface area contributed by atoms with Crippen molar-refractivity contribution in [3.8, 4) is 0 Å². The van der Waals surface area contributed by atoms with E-state index in [-0.39, 0.29) is 17.0 Å². The molecular formula is C13H18N2O6S. The van der Waals surface area contributed by atoms with E-state index in [1.54, 1.807) is 13.8 Å². The van der Waals surface area contributed by atoms with Crippen LogP contribution in [0.15, 0.2) is 23.1 Å². The van der Waals surface area contributed by atoms with Gasteiger partial charge in [-0.1, -0.05) is 26.3 Å². The van der Waals surface area contributed by atoms with E-state index in [1.165, 1.54) is 12.1 Å². The van der Waals surface area contributed by atoms with Gasteiger partial charge in [0, 0.05) is 12.1 Å². The molecule has 0 bridgehead atoms. The zero-order valence-corrected chi connectivity index (χ0v) is 13.1. The number of carboxylic acid groups (broad SMARTS) is 1. The van der Waals surface area contributed by atoms with Gasteiger partial charge in [-0.3, -0.25) is 14.9 Å². The van der Waals surface area contributed by atoms with Crippen molar-refractivity contribution < 1.29 is 23.2 Å². The molecule has 0 aromatic heterocycles. The molecule has 122 valence electrons. The van der Waals surface area contributed by atoms with Crippen molar-refractivity contribution in [1.29, 1.82) is 0 Å². The van der Waals surface area contributed by atoms with Gasteiger partial charge in [-0.25, -0.2) is 8.42 Å². The number of nitro groups is 1. The summed E-state index contributed by atoms with van der Waals surface area (Å²) in [7, 11) is -4.16. The summed E-state index contributed by atoms with van der Waals surface area (Å²) in [6, 6.07) is 2.27.